The highest BCUT2D eigenvalue weighted by atomic mass is 16.5. The van der Waals surface area contributed by atoms with Crippen LogP contribution in [0.2, 0.25) is 0 Å². The van der Waals surface area contributed by atoms with Crippen LogP contribution in [0.4, 0.5) is 0 Å². The first-order valence-corrected chi connectivity index (χ1v) is 25.8. The molecule has 0 fully saturated rings. The SMILES string of the molecule is CCCCC/C=C\C/C=C\CCCCCCCCCCCC(=O)OCCCCCCCCCCCCCCCCC(=O)NC(CO)C(O)/C=C/CCCCCCCCC. The first kappa shape index (κ1) is 57.1. The molecule has 0 aliphatic heterocycles. The van der Waals surface area contributed by atoms with E-state index in [4.69, 9.17) is 4.74 Å². The number of esters is 1. The lowest BCUT2D eigenvalue weighted by Crippen LogP contribution is -2.45. The summed E-state index contributed by atoms with van der Waals surface area (Å²) < 4.78 is 5.47. The fourth-order valence-electron chi connectivity index (χ4n) is 7.66. The number of aliphatic hydroxyl groups excluding tert-OH is 2. The van der Waals surface area contributed by atoms with Crippen molar-refractivity contribution in [2.24, 2.45) is 0 Å². The summed E-state index contributed by atoms with van der Waals surface area (Å²) in [4.78, 5) is 24.4. The summed E-state index contributed by atoms with van der Waals surface area (Å²) in [7, 11) is 0. The Morgan fingerprint density at radius 2 is 0.847 bits per heavy atom. The van der Waals surface area contributed by atoms with Gasteiger partial charge >= 0.3 is 5.97 Å². The molecule has 0 rings (SSSR count). The van der Waals surface area contributed by atoms with Crippen LogP contribution in [0.15, 0.2) is 36.5 Å². The van der Waals surface area contributed by atoms with Crippen LogP contribution < -0.4 is 5.32 Å². The largest absolute Gasteiger partial charge is 0.466 e. The molecule has 6 heteroatoms. The zero-order valence-electron chi connectivity index (χ0n) is 39.2. The molecule has 3 N–H and O–H groups in total. The Kier molecular flexibility index (Phi) is 47.2. The summed E-state index contributed by atoms with van der Waals surface area (Å²) in [6.45, 7) is 4.82. The minimum Gasteiger partial charge on any atom is -0.466 e. The van der Waals surface area contributed by atoms with Crippen molar-refractivity contribution in [2.75, 3.05) is 13.2 Å². The van der Waals surface area contributed by atoms with E-state index in [1.54, 1.807) is 6.08 Å². The second-order valence-corrected chi connectivity index (χ2v) is 17.5. The van der Waals surface area contributed by atoms with Gasteiger partial charge in [0.1, 0.15) is 0 Å². The second kappa shape index (κ2) is 48.7. The van der Waals surface area contributed by atoms with Gasteiger partial charge in [0.2, 0.25) is 5.91 Å². The van der Waals surface area contributed by atoms with Crippen molar-refractivity contribution < 1.29 is 24.5 Å². The third-order valence-corrected chi connectivity index (χ3v) is 11.7. The Bertz CT molecular complexity index is 962. The van der Waals surface area contributed by atoms with Gasteiger partial charge in [0.05, 0.1) is 25.4 Å². The van der Waals surface area contributed by atoms with Gasteiger partial charge in [-0.1, -0.05) is 224 Å². The molecule has 1 amide bonds. The van der Waals surface area contributed by atoms with Gasteiger partial charge in [-0.2, -0.15) is 0 Å². The van der Waals surface area contributed by atoms with E-state index in [2.05, 4.69) is 43.5 Å². The lowest BCUT2D eigenvalue weighted by molar-refractivity contribution is -0.143. The van der Waals surface area contributed by atoms with Crippen molar-refractivity contribution in [1.82, 2.24) is 5.32 Å². The highest BCUT2D eigenvalue weighted by Gasteiger charge is 2.18. The molecule has 0 saturated heterocycles. The Labute approximate surface area is 366 Å². The van der Waals surface area contributed by atoms with Crippen LogP contribution in [0.5, 0.6) is 0 Å². The van der Waals surface area contributed by atoms with Crippen molar-refractivity contribution in [2.45, 2.75) is 276 Å². The van der Waals surface area contributed by atoms with Crippen molar-refractivity contribution >= 4 is 11.9 Å². The number of unbranched alkanes of at least 4 members (excludes halogenated alkanes) is 32. The van der Waals surface area contributed by atoms with Crippen LogP contribution in [0.3, 0.4) is 0 Å². The molecule has 0 aromatic rings. The van der Waals surface area contributed by atoms with Crippen LogP contribution in [0.1, 0.15) is 264 Å². The Hall–Kier alpha value is -1.92. The molecule has 0 aromatic carbocycles. The number of hydrogen-bond acceptors (Lipinski definition) is 5. The fraction of sp³-hybridized carbons (Fsp3) is 0.849. The van der Waals surface area contributed by atoms with E-state index in [0.717, 1.165) is 64.2 Å². The van der Waals surface area contributed by atoms with Crippen molar-refractivity contribution in [3.05, 3.63) is 36.5 Å². The maximum atomic E-state index is 12.4. The monoisotopic (exact) mass is 830 g/mol. The number of hydrogen-bond donors (Lipinski definition) is 3. The fourth-order valence-corrected chi connectivity index (χ4v) is 7.66. The lowest BCUT2D eigenvalue weighted by atomic mass is 10.0. The molecule has 0 bridgehead atoms. The van der Waals surface area contributed by atoms with Crippen LogP contribution in [0.25, 0.3) is 0 Å². The van der Waals surface area contributed by atoms with Gasteiger partial charge in [-0.15, -0.1) is 0 Å². The molecule has 59 heavy (non-hydrogen) atoms. The van der Waals surface area contributed by atoms with Crippen LogP contribution in [-0.2, 0) is 14.3 Å². The van der Waals surface area contributed by atoms with Gasteiger partial charge in [-0.25, -0.2) is 0 Å². The summed E-state index contributed by atoms with van der Waals surface area (Å²) >= 11 is 0. The average molecular weight is 830 g/mol. The number of carbonyl (C=O) groups is 2. The van der Waals surface area contributed by atoms with Crippen molar-refractivity contribution in [3.63, 3.8) is 0 Å². The maximum Gasteiger partial charge on any atom is 0.305 e. The molecule has 0 radical (unpaired) electrons. The summed E-state index contributed by atoms with van der Waals surface area (Å²) in [5, 5.41) is 22.9. The van der Waals surface area contributed by atoms with Gasteiger partial charge in [0, 0.05) is 12.8 Å². The number of ether oxygens (including phenoxy) is 1. The van der Waals surface area contributed by atoms with E-state index >= 15 is 0 Å². The summed E-state index contributed by atoms with van der Waals surface area (Å²) in [5.41, 5.74) is 0. The molecule has 0 saturated carbocycles. The molecule has 0 aromatic heterocycles. The highest BCUT2D eigenvalue weighted by molar-refractivity contribution is 5.76. The van der Waals surface area contributed by atoms with E-state index in [0.29, 0.717) is 19.4 Å². The zero-order valence-corrected chi connectivity index (χ0v) is 39.2. The van der Waals surface area contributed by atoms with Gasteiger partial charge in [-0.3, -0.25) is 9.59 Å². The molecule has 0 heterocycles. The second-order valence-electron chi connectivity index (χ2n) is 17.5. The zero-order chi connectivity index (χ0) is 43.0. The number of carbonyl (C=O) groups excluding carboxylic acids is 2. The Morgan fingerprint density at radius 3 is 1.32 bits per heavy atom. The normalized spacial score (nSPS) is 12.9. The predicted molar refractivity (Wildman–Crippen MR) is 255 cm³/mol. The van der Waals surface area contributed by atoms with Crippen LogP contribution >= 0.6 is 0 Å². The van der Waals surface area contributed by atoms with Crippen LogP contribution in [-0.4, -0.2) is 47.4 Å². The minimum absolute atomic E-state index is 0.00818. The van der Waals surface area contributed by atoms with Gasteiger partial charge in [0.15, 0.2) is 0 Å². The van der Waals surface area contributed by atoms with E-state index < -0.39 is 12.1 Å². The highest BCUT2D eigenvalue weighted by Crippen LogP contribution is 2.15. The number of aliphatic hydroxyl groups is 2. The van der Waals surface area contributed by atoms with Gasteiger partial charge in [-0.05, 0) is 64.2 Å². The molecule has 6 nitrogen and oxygen atoms in total. The number of rotatable bonds is 47. The van der Waals surface area contributed by atoms with Gasteiger partial charge in [0.25, 0.3) is 0 Å². The summed E-state index contributed by atoms with van der Waals surface area (Å²) in [5.74, 6) is -0.0903. The molecular weight excluding hydrogens is 731 g/mol. The summed E-state index contributed by atoms with van der Waals surface area (Å²) in [6, 6.07) is -0.634. The first-order valence-electron chi connectivity index (χ1n) is 25.8. The van der Waals surface area contributed by atoms with Crippen molar-refractivity contribution in [1.29, 1.82) is 0 Å². The number of amides is 1. The standard InChI is InChI=1S/C53H99NO5/c1-3-5-7-9-11-13-14-15-16-17-18-19-20-24-27-31-35-39-43-47-53(58)59-48-44-40-36-32-28-25-22-21-23-26-30-34-38-42-46-52(57)54-50(49-55)51(56)45-41-37-33-29-12-10-8-6-4-2/h11,13,15-16,41,45,50-51,55-56H,3-10,12,14,17-40,42-44,46-49H2,1-2H3,(H,54,57)/b13-11-,16-15-,45-41+. The molecular formula is C53H99NO5. The Balaban J connectivity index is 3.42. The number of allylic oxidation sites excluding steroid dienone is 5. The van der Waals surface area contributed by atoms with E-state index in [1.807, 2.05) is 6.08 Å². The molecule has 0 aliphatic rings. The quantitative estimate of drug-likeness (QED) is 0.0323. The average Bonchev–Trinajstić information content (AvgIpc) is 3.24. The minimum atomic E-state index is -0.849. The number of nitrogens with one attached hydrogen (secondary N) is 1. The van der Waals surface area contributed by atoms with Crippen molar-refractivity contribution in [3.8, 4) is 0 Å². The molecule has 0 aliphatic carbocycles. The van der Waals surface area contributed by atoms with E-state index in [-0.39, 0.29) is 18.5 Å². The van der Waals surface area contributed by atoms with Gasteiger partial charge < -0.3 is 20.3 Å². The third-order valence-electron chi connectivity index (χ3n) is 11.7. The van der Waals surface area contributed by atoms with E-state index in [9.17, 15) is 19.8 Å². The summed E-state index contributed by atoms with van der Waals surface area (Å²) in [6.07, 6.45) is 58.6. The maximum absolute atomic E-state index is 12.4. The van der Waals surface area contributed by atoms with E-state index in [1.165, 1.54) is 173 Å². The Morgan fingerprint density at radius 1 is 0.475 bits per heavy atom. The molecule has 346 valence electrons. The topological polar surface area (TPSA) is 95.9 Å². The van der Waals surface area contributed by atoms with Crippen LogP contribution in [0, 0.1) is 0 Å². The smallest absolute Gasteiger partial charge is 0.305 e. The molecule has 2 unspecified atom stereocenters. The third kappa shape index (κ3) is 45.4. The molecule has 0 spiro atoms. The predicted octanol–water partition coefficient (Wildman–Crippen LogP) is 15.3. The first-order chi connectivity index (χ1) is 29.0. The lowest BCUT2D eigenvalue weighted by Gasteiger charge is -2.20. The molecule has 2 atom stereocenters.